The Bertz CT molecular complexity index is 1220. The van der Waals surface area contributed by atoms with Crippen LogP contribution in [-0.2, 0) is 0 Å². The van der Waals surface area contributed by atoms with Crippen molar-refractivity contribution in [3.05, 3.63) is 92.9 Å². The monoisotopic (exact) mass is 464 g/mol. The summed E-state index contributed by atoms with van der Waals surface area (Å²) in [4.78, 5) is 18.0. The van der Waals surface area contributed by atoms with Gasteiger partial charge in [-0.05, 0) is 61.9 Å². The van der Waals surface area contributed by atoms with Gasteiger partial charge in [0, 0.05) is 26.1 Å². The Kier molecular flexibility index (Phi) is 5.39. The molecule has 1 N–H and O–H groups in total. The molecule has 0 aliphatic carbocycles. The van der Waals surface area contributed by atoms with Crippen molar-refractivity contribution in [2.45, 2.75) is 13.8 Å². The predicted molar refractivity (Wildman–Crippen MR) is 124 cm³/mol. The molecule has 144 valence electrons. The Labute approximate surface area is 182 Å². The average Bonchev–Trinajstić information content (AvgIpc) is 2.69. The smallest absolute Gasteiger partial charge is 0.256 e. The number of anilines is 1. The number of aromatic nitrogens is 1. The molecule has 0 unspecified atom stereocenters. The molecule has 0 bridgehead atoms. The van der Waals surface area contributed by atoms with Crippen LogP contribution in [0.2, 0.25) is 5.02 Å². The summed E-state index contributed by atoms with van der Waals surface area (Å²) in [5, 5.41) is 4.47. The van der Waals surface area contributed by atoms with Gasteiger partial charge in [0.25, 0.3) is 5.91 Å². The fraction of sp³-hybridized carbons (Fsp3) is 0.0833. The van der Waals surface area contributed by atoms with E-state index in [1.54, 1.807) is 0 Å². The van der Waals surface area contributed by atoms with Gasteiger partial charge in [0.2, 0.25) is 0 Å². The fourth-order valence-electron chi connectivity index (χ4n) is 3.25. The Morgan fingerprint density at radius 3 is 2.34 bits per heavy atom. The molecule has 1 aromatic heterocycles. The zero-order valence-electron chi connectivity index (χ0n) is 16.0. The molecule has 1 amide bonds. The summed E-state index contributed by atoms with van der Waals surface area (Å²) in [6, 6.07) is 21.0. The lowest BCUT2D eigenvalue weighted by atomic mass is 10.0. The molecular formula is C24H18BrClN2O. The van der Waals surface area contributed by atoms with Crippen molar-refractivity contribution < 1.29 is 4.79 Å². The number of hydrogen-bond acceptors (Lipinski definition) is 2. The van der Waals surface area contributed by atoms with Crippen molar-refractivity contribution in [3.63, 3.8) is 0 Å². The summed E-state index contributed by atoms with van der Waals surface area (Å²) in [6.07, 6.45) is 0. The van der Waals surface area contributed by atoms with Crippen molar-refractivity contribution in [3.8, 4) is 11.3 Å². The van der Waals surface area contributed by atoms with Crippen molar-refractivity contribution in [1.29, 1.82) is 0 Å². The molecule has 0 aliphatic rings. The minimum Gasteiger partial charge on any atom is -0.322 e. The molecular weight excluding hydrogens is 448 g/mol. The maximum absolute atomic E-state index is 13.2. The summed E-state index contributed by atoms with van der Waals surface area (Å²) in [6.45, 7) is 4.01. The summed E-state index contributed by atoms with van der Waals surface area (Å²) < 4.78 is 0.910. The van der Waals surface area contributed by atoms with Crippen LogP contribution in [-0.4, -0.2) is 10.9 Å². The van der Waals surface area contributed by atoms with E-state index >= 15 is 0 Å². The van der Waals surface area contributed by atoms with Crippen LogP contribution in [0.5, 0.6) is 0 Å². The van der Waals surface area contributed by atoms with Crippen LogP contribution < -0.4 is 5.32 Å². The predicted octanol–water partition coefficient (Wildman–Crippen LogP) is 7.19. The third kappa shape index (κ3) is 4.19. The highest BCUT2D eigenvalue weighted by Gasteiger charge is 2.16. The number of benzene rings is 3. The second kappa shape index (κ2) is 7.97. The van der Waals surface area contributed by atoms with Crippen LogP contribution in [0, 0.1) is 13.8 Å². The van der Waals surface area contributed by atoms with E-state index in [2.05, 4.69) is 21.2 Å². The molecule has 1 heterocycles. The topological polar surface area (TPSA) is 42.0 Å². The molecule has 3 aromatic carbocycles. The molecule has 4 rings (SSSR count). The van der Waals surface area contributed by atoms with Gasteiger partial charge in [-0.2, -0.15) is 0 Å². The van der Waals surface area contributed by atoms with E-state index in [-0.39, 0.29) is 5.91 Å². The van der Waals surface area contributed by atoms with Gasteiger partial charge in [0.05, 0.1) is 16.8 Å². The highest BCUT2D eigenvalue weighted by atomic mass is 79.9. The van der Waals surface area contributed by atoms with E-state index in [0.29, 0.717) is 10.6 Å². The molecule has 3 nitrogen and oxygen atoms in total. The number of nitrogens with one attached hydrogen (secondary N) is 1. The molecule has 0 saturated heterocycles. The Morgan fingerprint density at radius 1 is 0.966 bits per heavy atom. The van der Waals surface area contributed by atoms with Crippen molar-refractivity contribution >= 4 is 50.0 Å². The molecule has 0 fully saturated rings. The van der Waals surface area contributed by atoms with Gasteiger partial charge in [-0.3, -0.25) is 4.79 Å². The Balaban J connectivity index is 1.86. The molecule has 0 atom stereocenters. The largest absolute Gasteiger partial charge is 0.322 e. The zero-order valence-corrected chi connectivity index (χ0v) is 18.3. The van der Waals surface area contributed by atoms with Gasteiger partial charge in [0.15, 0.2) is 0 Å². The number of hydrogen-bond donors (Lipinski definition) is 1. The van der Waals surface area contributed by atoms with E-state index in [1.807, 2.05) is 80.6 Å². The first-order valence-corrected chi connectivity index (χ1v) is 10.3. The number of halogens is 2. The van der Waals surface area contributed by atoms with Gasteiger partial charge in [-0.25, -0.2) is 4.98 Å². The molecule has 0 spiro atoms. The van der Waals surface area contributed by atoms with E-state index in [0.717, 1.165) is 43.4 Å². The van der Waals surface area contributed by atoms with E-state index in [9.17, 15) is 4.79 Å². The molecule has 0 aliphatic heterocycles. The SMILES string of the molecule is Cc1ccc(NC(=O)c2cc(-c3ccc(Cl)cc3)nc3c(C)cc(Br)cc23)cc1. The van der Waals surface area contributed by atoms with Crippen LogP contribution in [0.4, 0.5) is 5.69 Å². The van der Waals surface area contributed by atoms with Crippen LogP contribution in [0.3, 0.4) is 0 Å². The molecule has 0 saturated carbocycles. The molecule has 4 aromatic rings. The van der Waals surface area contributed by atoms with Gasteiger partial charge in [-0.15, -0.1) is 0 Å². The quantitative estimate of drug-likeness (QED) is 0.348. The maximum Gasteiger partial charge on any atom is 0.256 e. The van der Waals surface area contributed by atoms with Gasteiger partial charge in [0.1, 0.15) is 0 Å². The minimum absolute atomic E-state index is 0.172. The number of pyridine rings is 1. The van der Waals surface area contributed by atoms with Crippen LogP contribution in [0.1, 0.15) is 21.5 Å². The van der Waals surface area contributed by atoms with Gasteiger partial charge < -0.3 is 5.32 Å². The first-order chi connectivity index (χ1) is 13.9. The molecule has 5 heteroatoms. The number of nitrogens with zero attached hydrogens (tertiary/aromatic N) is 1. The number of fused-ring (bicyclic) bond motifs is 1. The standard InChI is InChI=1S/C24H18BrClN2O/c1-14-3-9-19(10-4-14)27-24(29)21-13-22(16-5-7-18(26)8-6-16)28-23-15(2)11-17(25)12-20(21)23/h3-13H,1-2H3,(H,27,29). The average molecular weight is 466 g/mol. The van der Waals surface area contributed by atoms with Crippen molar-refractivity contribution in [1.82, 2.24) is 4.98 Å². The Morgan fingerprint density at radius 2 is 1.66 bits per heavy atom. The second-order valence-corrected chi connectivity index (χ2v) is 8.35. The van der Waals surface area contributed by atoms with Crippen LogP contribution in [0.15, 0.2) is 71.2 Å². The van der Waals surface area contributed by atoms with Crippen molar-refractivity contribution in [2.24, 2.45) is 0 Å². The number of carbonyl (C=O) groups is 1. The second-order valence-electron chi connectivity index (χ2n) is 7.00. The fourth-order valence-corrected chi connectivity index (χ4v) is 3.95. The molecule has 0 radical (unpaired) electrons. The summed E-state index contributed by atoms with van der Waals surface area (Å²) in [5.41, 5.74) is 5.90. The summed E-state index contributed by atoms with van der Waals surface area (Å²) >= 11 is 9.57. The van der Waals surface area contributed by atoms with Gasteiger partial charge in [-0.1, -0.05) is 57.4 Å². The normalized spacial score (nSPS) is 10.9. The first kappa shape index (κ1) is 19.6. The van der Waals surface area contributed by atoms with E-state index in [4.69, 9.17) is 16.6 Å². The number of aryl methyl sites for hydroxylation is 2. The van der Waals surface area contributed by atoms with Crippen molar-refractivity contribution in [2.75, 3.05) is 5.32 Å². The minimum atomic E-state index is -0.172. The van der Waals surface area contributed by atoms with E-state index in [1.165, 1.54) is 0 Å². The van der Waals surface area contributed by atoms with Gasteiger partial charge >= 0.3 is 0 Å². The summed E-state index contributed by atoms with van der Waals surface area (Å²) in [7, 11) is 0. The summed E-state index contributed by atoms with van der Waals surface area (Å²) in [5.74, 6) is -0.172. The highest BCUT2D eigenvalue weighted by Crippen LogP contribution is 2.30. The third-order valence-corrected chi connectivity index (χ3v) is 5.47. The first-order valence-electron chi connectivity index (χ1n) is 9.15. The zero-order chi connectivity index (χ0) is 20.5. The lowest BCUT2D eigenvalue weighted by molar-refractivity contribution is 0.102. The number of rotatable bonds is 3. The lowest BCUT2D eigenvalue weighted by Crippen LogP contribution is -2.13. The maximum atomic E-state index is 13.2. The number of carbonyl (C=O) groups excluding carboxylic acids is 1. The molecule has 29 heavy (non-hydrogen) atoms. The lowest BCUT2D eigenvalue weighted by Gasteiger charge is -2.13. The Hall–Kier alpha value is -2.69. The third-order valence-electron chi connectivity index (χ3n) is 4.76. The number of amides is 1. The van der Waals surface area contributed by atoms with E-state index < -0.39 is 0 Å². The van der Waals surface area contributed by atoms with Crippen LogP contribution >= 0.6 is 27.5 Å². The highest BCUT2D eigenvalue weighted by molar-refractivity contribution is 9.10. The van der Waals surface area contributed by atoms with Crippen LogP contribution in [0.25, 0.3) is 22.2 Å².